The fourth-order valence-corrected chi connectivity index (χ4v) is 3.40. The summed E-state index contributed by atoms with van der Waals surface area (Å²) in [5.74, 6) is 1.03. The quantitative estimate of drug-likeness (QED) is 0.735. The van der Waals surface area contributed by atoms with Gasteiger partial charge < -0.3 is 9.31 Å². The molecule has 19 heavy (non-hydrogen) atoms. The maximum absolute atomic E-state index is 11.6. The second kappa shape index (κ2) is 4.32. The molecule has 0 bridgehead atoms. The van der Waals surface area contributed by atoms with Crippen LogP contribution in [0.5, 0.6) is 0 Å². The Hall–Kier alpha value is -0.345. The molecule has 1 aliphatic heterocycles. The Morgan fingerprint density at radius 2 is 1.58 bits per heavy atom. The molecular formula is C15H27BO3. The number of carbonyl (C=O) groups is 1. The van der Waals surface area contributed by atoms with E-state index in [0.717, 1.165) is 12.7 Å². The summed E-state index contributed by atoms with van der Waals surface area (Å²) in [6.07, 6.45) is 1.87. The highest BCUT2D eigenvalue weighted by atomic mass is 16.7. The summed E-state index contributed by atoms with van der Waals surface area (Å²) in [7, 11) is -0.137. The molecule has 1 saturated carbocycles. The Labute approximate surface area is 117 Å². The number of rotatable bonds is 3. The third kappa shape index (κ3) is 2.38. The average molecular weight is 266 g/mol. The number of hydrogen-bond donors (Lipinski definition) is 0. The number of Topliss-reactive ketones (excluding diaryl/α,β-unsaturated/α-hetero) is 1. The maximum atomic E-state index is 11.6. The molecule has 2 atom stereocenters. The van der Waals surface area contributed by atoms with Crippen molar-refractivity contribution in [2.75, 3.05) is 0 Å². The monoisotopic (exact) mass is 266 g/mol. The molecule has 1 aliphatic carbocycles. The zero-order valence-corrected chi connectivity index (χ0v) is 13.4. The third-order valence-corrected chi connectivity index (χ3v) is 5.74. The van der Waals surface area contributed by atoms with E-state index >= 15 is 0 Å². The molecule has 4 heteroatoms. The molecule has 108 valence electrons. The molecule has 0 spiro atoms. The van der Waals surface area contributed by atoms with Crippen LogP contribution in [0.15, 0.2) is 0 Å². The molecule has 2 aliphatic rings. The van der Waals surface area contributed by atoms with Crippen LogP contribution < -0.4 is 0 Å². The van der Waals surface area contributed by atoms with Crippen LogP contribution in [0.25, 0.3) is 0 Å². The summed E-state index contributed by atoms with van der Waals surface area (Å²) in [6, 6.07) is 0. The standard InChI is InChI=1S/C15H27BO3/c1-10(17)12-8-11(13(12,2)3)9-16-18-14(4,5)15(6,7)19-16/h11-12H,8-9H2,1-7H3/t11-,12+/m1/s1. The highest BCUT2D eigenvalue weighted by molar-refractivity contribution is 6.45. The van der Waals surface area contributed by atoms with Gasteiger partial charge in [0.05, 0.1) is 11.2 Å². The molecule has 0 N–H and O–H groups in total. The van der Waals surface area contributed by atoms with Crippen molar-refractivity contribution >= 4 is 12.9 Å². The van der Waals surface area contributed by atoms with Crippen molar-refractivity contribution in [3.05, 3.63) is 0 Å². The number of ketones is 1. The number of carbonyl (C=O) groups excluding carboxylic acids is 1. The van der Waals surface area contributed by atoms with Gasteiger partial charge in [0.25, 0.3) is 0 Å². The molecule has 0 aromatic rings. The van der Waals surface area contributed by atoms with Gasteiger partial charge >= 0.3 is 7.12 Å². The SMILES string of the molecule is CC(=O)[C@@H]1C[C@H](CB2OC(C)(C)C(C)(C)O2)C1(C)C. The van der Waals surface area contributed by atoms with E-state index < -0.39 is 0 Å². The van der Waals surface area contributed by atoms with Crippen LogP contribution in [0.3, 0.4) is 0 Å². The van der Waals surface area contributed by atoms with E-state index in [9.17, 15) is 4.79 Å². The van der Waals surface area contributed by atoms with Gasteiger partial charge in [-0.15, -0.1) is 0 Å². The van der Waals surface area contributed by atoms with E-state index in [0.29, 0.717) is 11.7 Å². The van der Waals surface area contributed by atoms with Gasteiger partial charge in [-0.25, -0.2) is 0 Å². The van der Waals surface area contributed by atoms with Crippen LogP contribution in [0.4, 0.5) is 0 Å². The molecule has 2 rings (SSSR count). The minimum atomic E-state index is -0.258. The minimum Gasteiger partial charge on any atom is -0.403 e. The molecule has 0 aromatic heterocycles. The zero-order chi connectivity index (χ0) is 14.6. The van der Waals surface area contributed by atoms with Gasteiger partial charge in [0.15, 0.2) is 0 Å². The molecule has 0 aromatic carbocycles. The van der Waals surface area contributed by atoms with Crippen molar-refractivity contribution in [2.45, 2.75) is 72.4 Å². The minimum absolute atomic E-state index is 0.0788. The van der Waals surface area contributed by atoms with Crippen LogP contribution >= 0.6 is 0 Å². The van der Waals surface area contributed by atoms with E-state index in [1.54, 1.807) is 6.92 Å². The summed E-state index contributed by atoms with van der Waals surface area (Å²) in [5, 5.41) is 0. The maximum Gasteiger partial charge on any atom is 0.458 e. The molecule has 2 fully saturated rings. The normalized spacial score (nSPS) is 35.0. The van der Waals surface area contributed by atoms with Gasteiger partial charge in [-0.05, 0) is 58.7 Å². The molecule has 0 radical (unpaired) electrons. The first-order chi connectivity index (χ1) is 8.47. The largest absolute Gasteiger partial charge is 0.458 e. The first kappa shape index (κ1) is 15.1. The van der Waals surface area contributed by atoms with Crippen molar-refractivity contribution in [3.63, 3.8) is 0 Å². The van der Waals surface area contributed by atoms with E-state index in [1.807, 2.05) is 0 Å². The van der Waals surface area contributed by atoms with Gasteiger partial charge in [0.2, 0.25) is 0 Å². The Kier molecular flexibility index (Phi) is 3.43. The van der Waals surface area contributed by atoms with E-state index in [-0.39, 0.29) is 29.7 Å². The molecule has 0 amide bonds. The van der Waals surface area contributed by atoms with Gasteiger partial charge in [0, 0.05) is 5.92 Å². The van der Waals surface area contributed by atoms with Crippen molar-refractivity contribution in [3.8, 4) is 0 Å². The van der Waals surface area contributed by atoms with Crippen LogP contribution in [0.2, 0.25) is 6.32 Å². The first-order valence-corrected chi connectivity index (χ1v) is 7.33. The third-order valence-electron chi connectivity index (χ3n) is 5.74. The molecule has 1 heterocycles. The smallest absolute Gasteiger partial charge is 0.403 e. The van der Waals surface area contributed by atoms with Crippen molar-refractivity contribution < 1.29 is 14.1 Å². The van der Waals surface area contributed by atoms with Crippen LogP contribution in [0.1, 0.15) is 54.9 Å². The summed E-state index contributed by atoms with van der Waals surface area (Å²) < 4.78 is 12.1. The Morgan fingerprint density at radius 3 is 1.95 bits per heavy atom. The highest BCUT2D eigenvalue weighted by Gasteiger charge is 2.56. The summed E-state index contributed by atoms with van der Waals surface area (Å²) >= 11 is 0. The molecular weight excluding hydrogens is 239 g/mol. The highest BCUT2D eigenvalue weighted by Crippen LogP contribution is 2.55. The van der Waals surface area contributed by atoms with Crippen molar-refractivity contribution in [1.82, 2.24) is 0 Å². The molecule has 3 nitrogen and oxygen atoms in total. The van der Waals surface area contributed by atoms with Gasteiger partial charge in [-0.2, -0.15) is 0 Å². The van der Waals surface area contributed by atoms with E-state index in [4.69, 9.17) is 9.31 Å². The Bertz CT molecular complexity index is 371. The summed E-state index contributed by atoms with van der Waals surface area (Å²) in [6.45, 7) is 14.4. The predicted octanol–water partition coefficient (Wildman–Crippen LogP) is 3.33. The van der Waals surface area contributed by atoms with Gasteiger partial charge in [-0.1, -0.05) is 13.8 Å². The lowest BCUT2D eigenvalue weighted by Gasteiger charge is -2.51. The first-order valence-electron chi connectivity index (χ1n) is 7.33. The lowest BCUT2D eigenvalue weighted by molar-refractivity contribution is -0.135. The average Bonchev–Trinajstić information content (AvgIpc) is 2.41. The van der Waals surface area contributed by atoms with Crippen molar-refractivity contribution in [2.24, 2.45) is 17.3 Å². The van der Waals surface area contributed by atoms with E-state index in [2.05, 4.69) is 41.5 Å². The van der Waals surface area contributed by atoms with Crippen LogP contribution in [-0.4, -0.2) is 24.1 Å². The second-order valence-corrected chi connectivity index (χ2v) is 7.84. The van der Waals surface area contributed by atoms with E-state index in [1.165, 1.54) is 0 Å². The Balaban J connectivity index is 1.97. The van der Waals surface area contributed by atoms with Gasteiger partial charge in [0.1, 0.15) is 5.78 Å². The lowest BCUT2D eigenvalue weighted by Crippen LogP contribution is -2.49. The molecule has 1 saturated heterocycles. The number of hydrogen-bond acceptors (Lipinski definition) is 3. The summed E-state index contributed by atoms with van der Waals surface area (Å²) in [4.78, 5) is 11.6. The topological polar surface area (TPSA) is 35.5 Å². The van der Waals surface area contributed by atoms with Crippen LogP contribution in [0, 0.1) is 17.3 Å². The fraction of sp³-hybridized carbons (Fsp3) is 0.933. The van der Waals surface area contributed by atoms with Crippen LogP contribution in [-0.2, 0) is 14.1 Å². The lowest BCUT2D eigenvalue weighted by atomic mass is 9.49. The molecule has 0 unspecified atom stereocenters. The van der Waals surface area contributed by atoms with Crippen molar-refractivity contribution in [1.29, 1.82) is 0 Å². The van der Waals surface area contributed by atoms with Gasteiger partial charge in [-0.3, -0.25) is 4.79 Å². The zero-order valence-electron chi connectivity index (χ0n) is 13.4. The second-order valence-electron chi connectivity index (χ2n) is 7.84. The Morgan fingerprint density at radius 1 is 1.11 bits per heavy atom. The predicted molar refractivity (Wildman–Crippen MR) is 76.9 cm³/mol. The summed E-state index contributed by atoms with van der Waals surface area (Å²) in [5.41, 5.74) is -0.438. The fourth-order valence-electron chi connectivity index (χ4n) is 3.40.